The van der Waals surface area contributed by atoms with Gasteiger partial charge in [0.15, 0.2) is 0 Å². The third kappa shape index (κ3) is 8.74. The summed E-state index contributed by atoms with van der Waals surface area (Å²) in [5.41, 5.74) is 29.0. The molecule has 0 bridgehead atoms. The molecule has 0 unspecified atom stereocenters. The van der Waals surface area contributed by atoms with Crippen molar-refractivity contribution in [1.29, 1.82) is 0 Å². The Morgan fingerprint density at radius 2 is 0.857 bits per heavy atom. The molecule has 0 fully saturated rings. The van der Waals surface area contributed by atoms with E-state index in [1.165, 1.54) is 117 Å². The molecule has 77 heavy (non-hydrogen) atoms. The first-order valence-electron chi connectivity index (χ1n) is 28.4. The monoisotopic (exact) mass is 1010 g/mol. The quantitative estimate of drug-likeness (QED) is 0.159. The molecule has 0 amide bonds. The summed E-state index contributed by atoms with van der Waals surface area (Å²) in [6, 6.07) is 59.9. The van der Waals surface area contributed by atoms with Gasteiger partial charge < -0.3 is 14.7 Å². The van der Waals surface area contributed by atoms with Crippen molar-refractivity contribution in [3.63, 3.8) is 0 Å². The maximum atomic E-state index is 2.66. The first kappa shape index (κ1) is 52.3. The van der Waals surface area contributed by atoms with Crippen molar-refractivity contribution in [3.8, 4) is 11.1 Å². The Morgan fingerprint density at radius 3 is 1.43 bits per heavy atom. The van der Waals surface area contributed by atoms with Crippen LogP contribution in [0.2, 0.25) is 0 Å². The summed E-state index contributed by atoms with van der Waals surface area (Å²) < 4.78 is 0. The lowest BCUT2D eigenvalue weighted by Gasteiger charge is -2.46. The van der Waals surface area contributed by atoms with Gasteiger partial charge in [-0.05, 0) is 185 Å². The van der Waals surface area contributed by atoms with Gasteiger partial charge in [0.1, 0.15) is 0 Å². The van der Waals surface area contributed by atoms with Gasteiger partial charge in [0.2, 0.25) is 0 Å². The highest BCUT2D eigenvalue weighted by molar-refractivity contribution is 7.00. The Morgan fingerprint density at radius 1 is 0.377 bits per heavy atom. The summed E-state index contributed by atoms with van der Waals surface area (Å²) in [7, 11) is 0. The number of hydrogen-bond donors (Lipinski definition) is 0. The maximum absolute atomic E-state index is 2.66. The second kappa shape index (κ2) is 17.6. The molecular weight excluding hydrogens is 930 g/mol. The van der Waals surface area contributed by atoms with E-state index >= 15 is 0 Å². The minimum absolute atomic E-state index is 0.0120. The molecule has 392 valence electrons. The normalized spacial score (nSPS) is 14.7. The molecule has 0 N–H and O–H groups in total. The van der Waals surface area contributed by atoms with E-state index in [1.807, 2.05) is 0 Å². The number of hydrogen-bond acceptors (Lipinski definition) is 3. The molecule has 8 aromatic rings. The predicted octanol–water partition coefficient (Wildman–Crippen LogP) is 18.6. The van der Waals surface area contributed by atoms with Crippen LogP contribution < -0.4 is 31.1 Å². The van der Waals surface area contributed by atoms with Gasteiger partial charge in [0.05, 0.1) is 5.69 Å². The molecular formula is C73H82BN3. The molecule has 0 saturated heterocycles. The minimum Gasteiger partial charge on any atom is -0.311 e. The molecule has 3 nitrogen and oxygen atoms in total. The van der Waals surface area contributed by atoms with Crippen LogP contribution in [-0.2, 0) is 32.5 Å². The van der Waals surface area contributed by atoms with E-state index < -0.39 is 0 Å². The van der Waals surface area contributed by atoms with E-state index in [-0.39, 0.29) is 39.2 Å². The van der Waals surface area contributed by atoms with Gasteiger partial charge >= 0.3 is 0 Å². The predicted molar refractivity (Wildman–Crippen MR) is 336 cm³/mol. The molecule has 0 aromatic heterocycles. The van der Waals surface area contributed by atoms with Gasteiger partial charge in [0.25, 0.3) is 6.71 Å². The second-order valence-electron chi connectivity index (χ2n) is 28.6. The van der Waals surface area contributed by atoms with Crippen LogP contribution in [0.5, 0.6) is 0 Å². The fraction of sp³-hybridized carbons (Fsp3) is 0.342. The molecule has 1 aliphatic carbocycles. The summed E-state index contributed by atoms with van der Waals surface area (Å²) >= 11 is 0. The van der Waals surface area contributed by atoms with Crippen LogP contribution in [0.4, 0.5) is 51.2 Å². The van der Waals surface area contributed by atoms with Crippen LogP contribution in [0, 0.1) is 13.8 Å². The topological polar surface area (TPSA) is 9.72 Å². The Labute approximate surface area is 463 Å². The molecule has 0 radical (unpaired) electrons. The Balaban J connectivity index is 1.24. The Bertz CT molecular complexity index is 3630. The van der Waals surface area contributed by atoms with Gasteiger partial charge in [-0.2, -0.15) is 0 Å². The molecule has 2 heterocycles. The average molecular weight is 1010 g/mol. The first-order chi connectivity index (χ1) is 35.9. The highest BCUT2D eigenvalue weighted by Crippen LogP contribution is 2.53. The van der Waals surface area contributed by atoms with E-state index in [4.69, 9.17) is 0 Å². The summed E-state index contributed by atoms with van der Waals surface area (Å²) in [5, 5.41) is 0. The number of nitrogens with zero attached hydrogens (tertiary/aromatic N) is 3. The number of benzene rings is 8. The molecule has 11 rings (SSSR count). The van der Waals surface area contributed by atoms with Gasteiger partial charge in [-0.3, -0.25) is 0 Å². The standard InChI is InChI=1S/C73H82BN3/c1-45-38-50(71(12,13)14)39-46(2)67(45)75(52-29-24-47(25-30-52)68(3,4)5)55-34-36-60-63(44-55)77(54-33-35-57-56-22-20-21-23-58(56)73(18,19)59(57)43-54)65-42-51(72(15,16)17)41-64-66(65)74(60)61-40-49(70(9,10)11)28-37-62(61)76(64)53-31-26-48(27-32-53)69(6,7)8/h20-44H,1-19H3. The van der Waals surface area contributed by atoms with Crippen molar-refractivity contribution >= 4 is 74.3 Å². The zero-order chi connectivity index (χ0) is 55.3. The first-order valence-corrected chi connectivity index (χ1v) is 28.4. The van der Waals surface area contributed by atoms with Crippen LogP contribution in [0.3, 0.4) is 0 Å². The molecule has 4 heteroatoms. The van der Waals surface area contributed by atoms with Crippen molar-refractivity contribution in [2.45, 2.75) is 164 Å². The van der Waals surface area contributed by atoms with E-state index in [0.717, 1.165) is 11.4 Å². The van der Waals surface area contributed by atoms with E-state index in [9.17, 15) is 0 Å². The summed E-state index contributed by atoms with van der Waals surface area (Å²) in [6.07, 6.45) is 0. The fourth-order valence-electron chi connectivity index (χ4n) is 12.8. The summed E-state index contributed by atoms with van der Waals surface area (Å²) in [5.74, 6) is 0. The highest BCUT2D eigenvalue weighted by Gasteiger charge is 2.46. The van der Waals surface area contributed by atoms with Gasteiger partial charge in [-0.1, -0.05) is 203 Å². The molecule has 0 atom stereocenters. The van der Waals surface area contributed by atoms with Crippen molar-refractivity contribution in [2.75, 3.05) is 14.7 Å². The minimum atomic E-state index is -0.180. The third-order valence-electron chi connectivity index (χ3n) is 17.4. The fourth-order valence-corrected chi connectivity index (χ4v) is 12.8. The highest BCUT2D eigenvalue weighted by atomic mass is 15.2. The lowest BCUT2D eigenvalue weighted by Crippen LogP contribution is -2.61. The van der Waals surface area contributed by atoms with Crippen molar-refractivity contribution < 1.29 is 0 Å². The SMILES string of the molecule is Cc1cc(C(C)(C)C)cc(C)c1N(c1ccc(C(C)(C)C)cc1)c1ccc2c(c1)N(c1ccc3c(c1)C(C)(C)c1ccccc1-3)c1cc(C(C)(C)C)cc3c1B2c1cc(C(C)(C)C)ccc1N3c1ccc(C(C)(C)C)cc1. The number of anilines is 9. The van der Waals surface area contributed by atoms with Crippen LogP contribution in [0.25, 0.3) is 11.1 Å². The Hall–Kier alpha value is -6.78. The molecule has 0 spiro atoms. The zero-order valence-corrected chi connectivity index (χ0v) is 49.9. The van der Waals surface area contributed by atoms with E-state index in [2.05, 4.69) is 298 Å². The third-order valence-corrected chi connectivity index (χ3v) is 17.4. The maximum Gasteiger partial charge on any atom is 0.252 e. The number of fused-ring (bicyclic) bond motifs is 7. The van der Waals surface area contributed by atoms with Crippen LogP contribution in [0.1, 0.15) is 168 Å². The van der Waals surface area contributed by atoms with Crippen molar-refractivity contribution in [2.24, 2.45) is 0 Å². The van der Waals surface area contributed by atoms with Crippen molar-refractivity contribution in [1.82, 2.24) is 0 Å². The molecule has 2 aliphatic heterocycles. The summed E-state index contributed by atoms with van der Waals surface area (Å²) in [6.45, 7) is 44.4. The largest absolute Gasteiger partial charge is 0.311 e. The van der Waals surface area contributed by atoms with Gasteiger partial charge in [0, 0.05) is 50.9 Å². The lowest BCUT2D eigenvalue weighted by molar-refractivity contribution is 0.589. The van der Waals surface area contributed by atoms with E-state index in [1.54, 1.807) is 0 Å². The molecule has 8 aromatic carbocycles. The van der Waals surface area contributed by atoms with Crippen LogP contribution in [-0.4, -0.2) is 6.71 Å². The number of rotatable bonds is 5. The van der Waals surface area contributed by atoms with Gasteiger partial charge in [-0.15, -0.1) is 0 Å². The smallest absolute Gasteiger partial charge is 0.252 e. The van der Waals surface area contributed by atoms with E-state index in [0.29, 0.717) is 0 Å². The molecule has 3 aliphatic rings. The van der Waals surface area contributed by atoms with Crippen LogP contribution >= 0.6 is 0 Å². The summed E-state index contributed by atoms with van der Waals surface area (Å²) in [4.78, 5) is 7.80. The lowest BCUT2D eigenvalue weighted by atomic mass is 9.33. The number of aryl methyl sites for hydroxylation is 2. The zero-order valence-electron chi connectivity index (χ0n) is 49.9. The van der Waals surface area contributed by atoms with Crippen LogP contribution in [0.15, 0.2) is 152 Å². The van der Waals surface area contributed by atoms with Gasteiger partial charge in [-0.25, -0.2) is 0 Å². The average Bonchev–Trinajstić information content (AvgIpc) is 3.69. The van der Waals surface area contributed by atoms with Crippen molar-refractivity contribution in [3.05, 3.63) is 202 Å². The second-order valence-corrected chi connectivity index (χ2v) is 28.6. The Kier molecular flexibility index (Phi) is 12.0. The molecule has 0 saturated carbocycles.